The number of hydrogen-bond acceptors (Lipinski definition) is 2. The van der Waals surface area contributed by atoms with Gasteiger partial charge in [0.2, 0.25) is 0 Å². The van der Waals surface area contributed by atoms with Crippen molar-refractivity contribution in [3.63, 3.8) is 0 Å². The summed E-state index contributed by atoms with van der Waals surface area (Å²) in [4.78, 5) is 12.6. The zero-order valence-electron chi connectivity index (χ0n) is 12.1. The van der Waals surface area contributed by atoms with Crippen LogP contribution in [0.3, 0.4) is 0 Å². The quantitative estimate of drug-likeness (QED) is 0.837. The maximum absolute atomic E-state index is 12.6. The number of ketones is 1. The molecule has 0 amide bonds. The molecule has 19 heavy (non-hydrogen) atoms. The topological polar surface area (TPSA) is 43.1 Å². The highest BCUT2D eigenvalue weighted by molar-refractivity contribution is 5.98. The van der Waals surface area contributed by atoms with Crippen molar-refractivity contribution in [2.75, 3.05) is 6.54 Å². The maximum Gasteiger partial charge on any atom is 0.166 e. The summed E-state index contributed by atoms with van der Waals surface area (Å²) in [5.74, 6) is 1.33. The summed E-state index contributed by atoms with van der Waals surface area (Å²) in [6, 6.07) is 8.13. The van der Waals surface area contributed by atoms with E-state index in [0.29, 0.717) is 24.2 Å². The molecule has 2 atom stereocenters. The summed E-state index contributed by atoms with van der Waals surface area (Å²) in [6.07, 6.45) is 4.50. The lowest BCUT2D eigenvalue weighted by Crippen LogP contribution is -2.32. The van der Waals surface area contributed by atoms with E-state index in [-0.39, 0.29) is 5.92 Å². The van der Waals surface area contributed by atoms with Gasteiger partial charge >= 0.3 is 0 Å². The first-order valence-electron chi connectivity index (χ1n) is 7.47. The van der Waals surface area contributed by atoms with Gasteiger partial charge in [-0.15, -0.1) is 0 Å². The molecule has 0 heterocycles. The second-order valence-corrected chi connectivity index (χ2v) is 6.03. The minimum Gasteiger partial charge on any atom is -0.330 e. The molecule has 2 unspecified atom stereocenters. The fourth-order valence-corrected chi connectivity index (χ4v) is 3.08. The summed E-state index contributed by atoms with van der Waals surface area (Å²) >= 11 is 0. The molecule has 1 aliphatic carbocycles. The van der Waals surface area contributed by atoms with Crippen molar-refractivity contribution < 1.29 is 4.79 Å². The summed E-state index contributed by atoms with van der Waals surface area (Å²) in [6.45, 7) is 4.98. The fraction of sp³-hybridized carbons (Fsp3) is 0.588. The Kier molecular flexibility index (Phi) is 4.76. The van der Waals surface area contributed by atoms with Gasteiger partial charge in [-0.3, -0.25) is 4.79 Å². The van der Waals surface area contributed by atoms with Gasteiger partial charge in [0.25, 0.3) is 0 Å². The Morgan fingerprint density at radius 2 is 1.84 bits per heavy atom. The largest absolute Gasteiger partial charge is 0.330 e. The minimum atomic E-state index is 0.142. The van der Waals surface area contributed by atoms with Crippen LogP contribution in [0, 0.1) is 11.8 Å². The normalized spacial score (nSPS) is 23.6. The van der Waals surface area contributed by atoms with Crippen molar-refractivity contribution in [2.45, 2.75) is 45.4 Å². The van der Waals surface area contributed by atoms with E-state index in [1.807, 2.05) is 12.1 Å². The van der Waals surface area contributed by atoms with Crippen LogP contribution in [0.25, 0.3) is 0 Å². The molecule has 1 fully saturated rings. The number of nitrogens with two attached hydrogens (primary N) is 1. The molecule has 0 bridgehead atoms. The van der Waals surface area contributed by atoms with Crippen molar-refractivity contribution in [3.8, 4) is 0 Å². The number of benzene rings is 1. The first-order chi connectivity index (χ1) is 9.13. The predicted molar refractivity (Wildman–Crippen MR) is 79.4 cm³/mol. The highest BCUT2D eigenvalue weighted by atomic mass is 16.1. The molecule has 1 saturated carbocycles. The van der Waals surface area contributed by atoms with Crippen LogP contribution < -0.4 is 5.73 Å². The van der Waals surface area contributed by atoms with Gasteiger partial charge in [-0.2, -0.15) is 0 Å². The van der Waals surface area contributed by atoms with Crippen LogP contribution in [0.5, 0.6) is 0 Å². The van der Waals surface area contributed by atoms with Crippen LogP contribution in [0.15, 0.2) is 24.3 Å². The minimum absolute atomic E-state index is 0.142. The lowest BCUT2D eigenvalue weighted by atomic mass is 9.75. The van der Waals surface area contributed by atoms with Gasteiger partial charge in [0, 0.05) is 11.5 Å². The third-order valence-electron chi connectivity index (χ3n) is 4.41. The average molecular weight is 259 g/mol. The van der Waals surface area contributed by atoms with Crippen molar-refractivity contribution >= 4 is 5.78 Å². The van der Waals surface area contributed by atoms with E-state index >= 15 is 0 Å². The fourth-order valence-electron chi connectivity index (χ4n) is 3.08. The Morgan fingerprint density at radius 3 is 2.42 bits per heavy atom. The third-order valence-corrected chi connectivity index (χ3v) is 4.41. The van der Waals surface area contributed by atoms with E-state index in [1.54, 1.807) is 0 Å². The Labute approximate surface area is 116 Å². The number of carbonyl (C=O) groups excluding carboxylic acids is 1. The number of rotatable bonds is 4. The van der Waals surface area contributed by atoms with Crippen LogP contribution in [0.1, 0.15) is 61.4 Å². The smallest absolute Gasteiger partial charge is 0.166 e. The molecular formula is C17H25NO. The molecule has 2 nitrogen and oxygen atoms in total. The molecule has 2 N–H and O–H groups in total. The Bertz CT molecular complexity index is 421. The standard InChI is InChI=1S/C17H25NO/c1-12(2)13-7-9-14(10-8-13)17(19)16-6-4-3-5-15(16)11-18/h7-10,12,15-16H,3-6,11,18H2,1-2H3. The van der Waals surface area contributed by atoms with Crippen molar-refractivity contribution in [3.05, 3.63) is 35.4 Å². The zero-order chi connectivity index (χ0) is 13.8. The van der Waals surface area contributed by atoms with Gasteiger partial charge in [-0.25, -0.2) is 0 Å². The Balaban J connectivity index is 2.13. The van der Waals surface area contributed by atoms with Gasteiger partial charge < -0.3 is 5.73 Å². The molecule has 0 radical (unpaired) electrons. The molecule has 0 spiro atoms. The average Bonchev–Trinajstić information content (AvgIpc) is 2.46. The van der Waals surface area contributed by atoms with E-state index in [4.69, 9.17) is 5.73 Å². The first kappa shape index (κ1) is 14.3. The van der Waals surface area contributed by atoms with Crippen molar-refractivity contribution in [2.24, 2.45) is 17.6 Å². The summed E-state index contributed by atoms with van der Waals surface area (Å²) in [5.41, 5.74) is 7.96. The van der Waals surface area contributed by atoms with Crippen molar-refractivity contribution in [1.82, 2.24) is 0 Å². The van der Waals surface area contributed by atoms with E-state index < -0.39 is 0 Å². The summed E-state index contributed by atoms with van der Waals surface area (Å²) in [7, 11) is 0. The number of Topliss-reactive ketones (excluding diaryl/α,β-unsaturated/α-hetero) is 1. The predicted octanol–water partition coefficient (Wildman–Crippen LogP) is 3.76. The number of hydrogen-bond donors (Lipinski definition) is 1. The molecule has 104 valence electrons. The molecule has 1 aliphatic rings. The van der Waals surface area contributed by atoms with Gasteiger partial charge in [0.05, 0.1) is 0 Å². The molecule has 1 aromatic carbocycles. The molecule has 2 rings (SSSR count). The van der Waals surface area contributed by atoms with Crippen LogP contribution in [0.2, 0.25) is 0 Å². The first-order valence-corrected chi connectivity index (χ1v) is 7.47. The van der Waals surface area contributed by atoms with Crippen LogP contribution in [-0.2, 0) is 0 Å². The van der Waals surface area contributed by atoms with Crippen molar-refractivity contribution in [1.29, 1.82) is 0 Å². The van der Waals surface area contributed by atoms with Crippen LogP contribution in [-0.4, -0.2) is 12.3 Å². The Morgan fingerprint density at radius 1 is 1.21 bits per heavy atom. The van der Waals surface area contributed by atoms with Gasteiger partial charge in [0.1, 0.15) is 0 Å². The van der Waals surface area contributed by atoms with E-state index in [1.165, 1.54) is 12.0 Å². The van der Waals surface area contributed by atoms with E-state index in [9.17, 15) is 4.79 Å². The van der Waals surface area contributed by atoms with Gasteiger partial charge in [0.15, 0.2) is 5.78 Å². The second kappa shape index (κ2) is 6.33. The Hall–Kier alpha value is -1.15. The van der Waals surface area contributed by atoms with Gasteiger partial charge in [-0.1, -0.05) is 51.0 Å². The van der Waals surface area contributed by atoms with Crippen LogP contribution in [0.4, 0.5) is 0 Å². The number of carbonyl (C=O) groups is 1. The van der Waals surface area contributed by atoms with Crippen LogP contribution >= 0.6 is 0 Å². The lowest BCUT2D eigenvalue weighted by Gasteiger charge is -2.29. The third kappa shape index (κ3) is 3.24. The monoisotopic (exact) mass is 259 g/mol. The SMILES string of the molecule is CC(C)c1ccc(C(=O)C2CCCCC2CN)cc1. The molecule has 1 aromatic rings. The zero-order valence-corrected chi connectivity index (χ0v) is 12.1. The second-order valence-electron chi connectivity index (χ2n) is 6.03. The maximum atomic E-state index is 12.6. The summed E-state index contributed by atoms with van der Waals surface area (Å²) in [5, 5.41) is 0. The molecule has 0 aliphatic heterocycles. The van der Waals surface area contributed by atoms with Gasteiger partial charge in [-0.05, 0) is 36.8 Å². The van der Waals surface area contributed by atoms with E-state index in [2.05, 4.69) is 26.0 Å². The molecule has 2 heteroatoms. The van der Waals surface area contributed by atoms with E-state index in [0.717, 1.165) is 24.8 Å². The highest BCUT2D eigenvalue weighted by Gasteiger charge is 2.30. The lowest BCUT2D eigenvalue weighted by molar-refractivity contribution is 0.0829. The molecule has 0 saturated heterocycles. The highest BCUT2D eigenvalue weighted by Crippen LogP contribution is 2.32. The molecule has 0 aromatic heterocycles. The summed E-state index contributed by atoms with van der Waals surface area (Å²) < 4.78 is 0. The molecular weight excluding hydrogens is 234 g/mol.